The largest absolute Gasteiger partial charge is 0.416 e. The van der Waals surface area contributed by atoms with Gasteiger partial charge in [-0.15, -0.1) is 0 Å². The molecular formula is C17H10ClF3N4. The second-order valence-electron chi connectivity index (χ2n) is 5.19. The van der Waals surface area contributed by atoms with Gasteiger partial charge in [0.1, 0.15) is 23.1 Å². The number of anilines is 1. The number of benzene rings is 2. The van der Waals surface area contributed by atoms with Crippen LogP contribution < -0.4 is 5.73 Å². The summed E-state index contributed by atoms with van der Waals surface area (Å²) in [7, 11) is 0. The molecule has 0 radical (unpaired) electrons. The van der Waals surface area contributed by atoms with Crippen molar-refractivity contribution in [3.05, 3.63) is 64.7 Å². The molecule has 0 unspecified atom stereocenters. The summed E-state index contributed by atoms with van der Waals surface area (Å²) in [6.07, 6.45) is -4.49. The Morgan fingerprint density at radius 2 is 1.80 bits per heavy atom. The van der Waals surface area contributed by atoms with Gasteiger partial charge < -0.3 is 5.73 Å². The van der Waals surface area contributed by atoms with Crippen LogP contribution in [0.3, 0.4) is 0 Å². The van der Waals surface area contributed by atoms with Crippen molar-refractivity contribution in [3.63, 3.8) is 0 Å². The minimum Gasteiger partial charge on any atom is -0.382 e. The second kappa shape index (κ2) is 6.15. The van der Waals surface area contributed by atoms with E-state index in [1.807, 2.05) is 6.07 Å². The molecule has 4 nitrogen and oxygen atoms in total. The Morgan fingerprint density at radius 1 is 1.12 bits per heavy atom. The van der Waals surface area contributed by atoms with Gasteiger partial charge in [0.05, 0.1) is 11.3 Å². The third kappa shape index (κ3) is 3.16. The van der Waals surface area contributed by atoms with E-state index in [1.165, 1.54) is 16.8 Å². The van der Waals surface area contributed by atoms with E-state index in [0.29, 0.717) is 10.7 Å². The maximum absolute atomic E-state index is 12.9. The molecular weight excluding hydrogens is 353 g/mol. The molecule has 1 aromatic heterocycles. The quantitative estimate of drug-likeness (QED) is 0.720. The minimum atomic E-state index is -4.49. The molecule has 0 fully saturated rings. The molecule has 2 aromatic carbocycles. The first-order valence-electron chi connectivity index (χ1n) is 7.03. The van der Waals surface area contributed by atoms with Crippen LogP contribution in [0.5, 0.6) is 0 Å². The summed E-state index contributed by atoms with van der Waals surface area (Å²) >= 11 is 5.84. The van der Waals surface area contributed by atoms with E-state index < -0.39 is 11.7 Å². The predicted octanol–water partition coefficient (Wildman–Crippen LogP) is 4.67. The summed E-state index contributed by atoms with van der Waals surface area (Å²) in [6, 6.07) is 13.0. The molecule has 0 saturated heterocycles. The lowest BCUT2D eigenvalue weighted by atomic mass is 10.0. The lowest BCUT2D eigenvalue weighted by Crippen LogP contribution is -2.04. The lowest BCUT2D eigenvalue weighted by molar-refractivity contribution is -0.137. The maximum atomic E-state index is 12.9. The van der Waals surface area contributed by atoms with Crippen LogP contribution in [0, 0.1) is 11.3 Å². The molecule has 2 N–H and O–H groups in total. The van der Waals surface area contributed by atoms with Gasteiger partial charge in [0.15, 0.2) is 0 Å². The van der Waals surface area contributed by atoms with Gasteiger partial charge in [-0.05, 0) is 36.4 Å². The van der Waals surface area contributed by atoms with Gasteiger partial charge in [-0.1, -0.05) is 23.7 Å². The fraction of sp³-hybridized carbons (Fsp3) is 0.0588. The second-order valence-corrected chi connectivity index (χ2v) is 5.62. The SMILES string of the molecule is N#Cc1c(-c2cccc(C(F)(F)F)c2)nn(-c2ccc(Cl)cc2)c1N. The molecule has 0 amide bonds. The highest BCUT2D eigenvalue weighted by atomic mass is 35.5. The molecule has 0 aliphatic rings. The monoisotopic (exact) mass is 362 g/mol. The maximum Gasteiger partial charge on any atom is 0.416 e. The Balaban J connectivity index is 2.17. The number of alkyl halides is 3. The molecule has 3 aromatic rings. The molecule has 0 saturated carbocycles. The molecule has 0 bridgehead atoms. The summed E-state index contributed by atoms with van der Waals surface area (Å²) in [5.41, 5.74) is 5.93. The third-order valence-electron chi connectivity index (χ3n) is 3.57. The van der Waals surface area contributed by atoms with Crippen molar-refractivity contribution in [2.24, 2.45) is 0 Å². The van der Waals surface area contributed by atoms with E-state index in [1.54, 1.807) is 24.3 Å². The van der Waals surface area contributed by atoms with Crippen LogP contribution >= 0.6 is 11.6 Å². The van der Waals surface area contributed by atoms with Gasteiger partial charge >= 0.3 is 6.18 Å². The number of nitriles is 1. The molecule has 0 aliphatic heterocycles. The van der Waals surface area contributed by atoms with Crippen LogP contribution in [-0.4, -0.2) is 9.78 Å². The zero-order valence-corrected chi connectivity index (χ0v) is 13.3. The van der Waals surface area contributed by atoms with E-state index >= 15 is 0 Å². The fourth-order valence-corrected chi connectivity index (χ4v) is 2.49. The summed E-state index contributed by atoms with van der Waals surface area (Å²) in [5, 5.41) is 14.1. The summed E-state index contributed by atoms with van der Waals surface area (Å²) in [5.74, 6) is 0.0391. The Kier molecular flexibility index (Phi) is 4.15. The molecule has 1 heterocycles. The predicted molar refractivity (Wildman–Crippen MR) is 88.1 cm³/mol. The molecule has 25 heavy (non-hydrogen) atoms. The van der Waals surface area contributed by atoms with Crippen molar-refractivity contribution in [3.8, 4) is 23.0 Å². The zero-order valence-electron chi connectivity index (χ0n) is 12.5. The highest BCUT2D eigenvalue weighted by Gasteiger charge is 2.31. The van der Waals surface area contributed by atoms with Crippen LogP contribution in [0.25, 0.3) is 16.9 Å². The average Bonchev–Trinajstić information content (AvgIpc) is 2.91. The highest BCUT2D eigenvalue weighted by Crippen LogP contribution is 2.34. The van der Waals surface area contributed by atoms with Crippen LogP contribution in [-0.2, 0) is 6.18 Å². The van der Waals surface area contributed by atoms with Gasteiger partial charge in [-0.25, -0.2) is 4.68 Å². The van der Waals surface area contributed by atoms with Crippen molar-refractivity contribution in [1.29, 1.82) is 5.26 Å². The van der Waals surface area contributed by atoms with E-state index in [9.17, 15) is 18.4 Å². The van der Waals surface area contributed by atoms with Crippen molar-refractivity contribution >= 4 is 17.4 Å². The number of nitrogen functional groups attached to an aromatic ring is 1. The molecule has 8 heteroatoms. The van der Waals surface area contributed by atoms with Crippen LogP contribution in [0.15, 0.2) is 48.5 Å². The standard InChI is InChI=1S/C17H10ClF3N4/c18-12-4-6-13(7-5-12)25-16(23)14(9-22)15(24-25)10-2-1-3-11(8-10)17(19,20)21/h1-8H,23H2. The van der Waals surface area contributed by atoms with Gasteiger partial charge in [-0.3, -0.25) is 0 Å². The highest BCUT2D eigenvalue weighted by molar-refractivity contribution is 6.30. The van der Waals surface area contributed by atoms with Gasteiger partial charge in [0.25, 0.3) is 0 Å². The van der Waals surface area contributed by atoms with Crippen LogP contribution in [0.4, 0.5) is 19.0 Å². The number of hydrogen-bond acceptors (Lipinski definition) is 3. The first-order valence-corrected chi connectivity index (χ1v) is 7.41. The molecule has 0 atom stereocenters. The molecule has 0 aliphatic carbocycles. The minimum absolute atomic E-state index is 0.00859. The third-order valence-corrected chi connectivity index (χ3v) is 3.82. The van der Waals surface area contributed by atoms with Gasteiger partial charge in [0.2, 0.25) is 0 Å². The topological polar surface area (TPSA) is 67.6 Å². The van der Waals surface area contributed by atoms with Gasteiger partial charge in [0, 0.05) is 10.6 Å². The van der Waals surface area contributed by atoms with E-state index in [2.05, 4.69) is 5.10 Å². The molecule has 0 spiro atoms. The number of hydrogen-bond donors (Lipinski definition) is 1. The number of nitrogens with two attached hydrogens (primary N) is 1. The first kappa shape index (κ1) is 16.9. The van der Waals surface area contributed by atoms with Crippen molar-refractivity contribution in [2.45, 2.75) is 6.18 Å². The average molecular weight is 363 g/mol. The van der Waals surface area contributed by atoms with Crippen molar-refractivity contribution < 1.29 is 13.2 Å². The smallest absolute Gasteiger partial charge is 0.382 e. The molecule has 3 rings (SSSR count). The first-order chi connectivity index (χ1) is 11.8. The Hall–Kier alpha value is -2.98. The summed E-state index contributed by atoms with van der Waals surface area (Å²) in [4.78, 5) is 0. The Labute approximate surface area is 145 Å². The number of aromatic nitrogens is 2. The van der Waals surface area contributed by atoms with Crippen LogP contribution in [0.2, 0.25) is 5.02 Å². The summed E-state index contributed by atoms with van der Waals surface area (Å²) in [6.45, 7) is 0. The van der Waals surface area contributed by atoms with E-state index in [0.717, 1.165) is 12.1 Å². The fourth-order valence-electron chi connectivity index (χ4n) is 2.37. The van der Waals surface area contributed by atoms with E-state index in [4.69, 9.17) is 17.3 Å². The van der Waals surface area contributed by atoms with E-state index in [-0.39, 0.29) is 22.6 Å². The molecule has 126 valence electrons. The Morgan fingerprint density at radius 3 is 2.40 bits per heavy atom. The normalized spacial score (nSPS) is 11.3. The Bertz CT molecular complexity index is 969. The van der Waals surface area contributed by atoms with Gasteiger partial charge in [-0.2, -0.15) is 23.5 Å². The number of rotatable bonds is 2. The summed E-state index contributed by atoms with van der Waals surface area (Å²) < 4.78 is 40.1. The van der Waals surface area contributed by atoms with Crippen molar-refractivity contribution in [2.75, 3.05) is 5.73 Å². The number of halogens is 4. The van der Waals surface area contributed by atoms with Crippen LogP contribution in [0.1, 0.15) is 11.1 Å². The van der Waals surface area contributed by atoms with Crippen molar-refractivity contribution in [1.82, 2.24) is 9.78 Å². The lowest BCUT2D eigenvalue weighted by Gasteiger charge is -2.07. The zero-order chi connectivity index (χ0) is 18.2. The number of nitrogens with zero attached hydrogens (tertiary/aromatic N) is 3.